The van der Waals surface area contributed by atoms with E-state index < -0.39 is 0 Å². The number of benzene rings is 1. The number of nitrogens with zero attached hydrogens (tertiary/aromatic N) is 1. The molecule has 1 aliphatic heterocycles. The number of piperidine rings is 1. The predicted molar refractivity (Wildman–Crippen MR) is 84.2 cm³/mol. The van der Waals surface area contributed by atoms with Gasteiger partial charge in [-0.05, 0) is 30.7 Å². The molecule has 0 aromatic heterocycles. The van der Waals surface area contributed by atoms with Gasteiger partial charge in [0, 0.05) is 39.3 Å². The number of likely N-dealkylation sites (tertiary alicyclic amines) is 1. The van der Waals surface area contributed by atoms with Crippen LogP contribution in [0.3, 0.4) is 0 Å². The molecule has 3 nitrogen and oxygen atoms in total. The summed E-state index contributed by atoms with van der Waals surface area (Å²) in [5.74, 6) is 0.649. The Bertz CT molecular complexity index is 450. The molecule has 2 bridgehead atoms. The zero-order chi connectivity index (χ0) is 14.7. The molecule has 3 atom stereocenters. The number of fused-ring (bicyclic) bond motifs is 2. The van der Waals surface area contributed by atoms with Crippen LogP contribution in [0, 0.1) is 11.3 Å². The van der Waals surface area contributed by atoms with Crippen LogP contribution in [0.25, 0.3) is 0 Å². The van der Waals surface area contributed by atoms with Gasteiger partial charge in [0.15, 0.2) is 0 Å². The van der Waals surface area contributed by atoms with Crippen LogP contribution in [-0.4, -0.2) is 44.9 Å². The Morgan fingerprint density at radius 2 is 2.05 bits per heavy atom. The monoisotopic (exact) mass is 289 g/mol. The topological polar surface area (TPSA) is 21.7 Å². The molecule has 0 N–H and O–H groups in total. The van der Waals surface area contributed by atoms with Crippen LogP contribution in [0.4, 0.5) is 0 Å². The van der Waals surface area contributed by atoms with Gasteiger partial charge in [-0.3, -0.25) is 4.90 Å². The van der Waals surface area contributed by atoms with Crippen LogP contribution in [0.2, 0.25) is 0 Å². The van der Waals surface area contributed by atoms with E-state index in [2.05, 4.69) is 35.2 Å². The fraction of sp³-hybridized carbons (Fsp3) is 0.667. The van der Waals surface area contributed by atoms with E-state index in [9.17, 15) is 0 Å². The third kappa shape index (κ3) is 3.31. The van der Waals surface area contributed by atoms with Gasteiger partial charge in [0.2, 0.25) is 0 Å². The summed E-state index contributed by atoms with van der Waals surface area (Å²) >= 11 is 0. The minimum Gasteiger partial charge on any atom is -0.384 e. The first kappa shape index (κ1) is 15.0. The van der Waals surface area contributed by atoms with Crippen molar-refractivity contribution < 1.29 is 9.47 Å². The summed E-state index contributed by atoms with van der Waals surface area (Å²) in [6.45, 7) is 4.23. The molecule has 0 amide bonds. The van der Waals surface area contributed by atoms with Gasteiger partial charge in [0.25, 0.3) is 0 Å². The number of ether oxygens (including phenoxy) is 2. The molecule has 0 unspecified atom stereocenters. The van der Waals surface area contributed by atoms with Crippen LogP contribution in [0.1, 0.15) is 24.8 Å². The third-order valence-electron chi connectivity index (χ3n) is 5.23. The smallest absolute Gasteiger partial charge is 0.0612 e. The van der Waals surface area contributed by atoms with Gasteiger partial charge in [0.1, 0.15) is 0 Å². The molecule has 2 aliphatic rings. The number of rotatable bonds is 5. The van der Waals surface area contributed by atoms with Gasteiger partial charge in [-0.25, -0.2) is 0 Å². The minimum atomic E-state index is 0.335. The van der Waals surface area contributed by atoms with E-state index in [1.165, 1.54) is 24.8 Å². The Morgan fingerprint density at radius 1 is 1.24 bits per heavy atom. The normalized spacial score (nSPS) is 33.0. The van der Waals surface area contributed by atoms with Crippen LogP contribution in [-0.2, 0) is 16.0 Å². The van der Waals surface area contributed by atoms with Gasteiger partial charge >= 0.3 is 0 Å². The molecule has 2 fully saturated rings. The summed E-state index contributed by atoms with van der Waals surface area (Å²) in [5.41, 5.74) is 1.74. The summed E-state index contributed by atoms with van der Waals surface area (Å²) in [7, 11) is 3.70. The van der Waals surface area contributed by atoms with Gasteiger partial charge in [-0.15, -0.1) is 0 Å². The van der Waals surface area contributed by atoms with Gasteiger partial charge in [-0.1, -0.05) is 30.3 Å². The van der Waals surface area contributed by atoms with Crippen molar-refractivity contribution in [1.82, 2.24) is 4.90 Å². The molecule has 1 saturated heterocycles. The molecule has 21 heavy (non-hydrogen) atoms. The lowest BCUT2D eigenvalue weighted by atomic mass is 9.65. The minimum absolute atomic E-state index is 0.335. The van der Waals surface area contributed by atoms with E-state index in [1.54, 1.807) is 0 Å². The Kier molecular flexibility index (Phi) is 4.63. The Hall–Kier alpha value is -0.900. The number of hydrogen-bond donors (Lipinski definition) is 0. The standard InChI is InChI=1S/C18H27NO2/c1-20-14-18-9-8-17(21-2)16(10-18)12-19(13-18)11-15-6-4-3-5-7-15/h3-7,16-17H,8-14H2,1-2H3/t16-,17-,18-/m0/s1. The zero-order valence-corrected chi connectivity index (χ0v) is 13.3. The van der Waals surface area contributed by atoms with Crippen molar-refractivity contribution in [3.8, 4) is 0 Å². The molecule has 1 aromatic rings. The second-order valence-electron chi connectivity index (χ2n) is 6.87. The molecular weight excluding hydrogens is 262 g/mol. The molecular formula is C18H27NO2. The molecule has 1 heterocycles. The van der Waals surface area contributed by atoms with E-state index >= 15 is 0 Å². The maximum absolute atomic E-state index is 5.73. The van der Waals surface area contributed by atoms with Crippen molar-refractivity contribution >= 4 is 0 Å². The van der Waals surface area contributed by atoms with Gasteiger partial charge < -0.3 is 9.47 Å². The van der Waals surface area contributed by atoms with Crippen LogP contribution in [0.5, 0.6) is 0 Å². The summed E-state index contributed by atoms with van der Waals surface area (Å²) in [5, 5.41) is 0. The average molecular weight is 289 g/mol. The Balaban J connectivity index is 1.74. The van der Waals surface area contributed by atoms with Crippen LogP contribution in [0.15, 0.2) is 30.3 Å². The largest absolute Gasteiger partial charge is 0.384 e. The highest BCUT2D eigenvalue weighted by Crippen LogP contribution is 2.45. The van der Waals surface area contributed by atoms with Crippen molar-refractivity contribution in [1.29, 1.82) is 0 Å². The number of hydrogen-bond acceptors (Lipinski definition) is 3. The second-order valence-corrected chi connectivity index (χ2v) is 6.87. The van der Waals surface area contributed by atoms with Gasteiger partial charge in [0.05, 0.1) is 12.7 Å². The van der Waals surface area contributed by atoms with E-state index in [0.29, 0.717) is 17.4 Å². The first-order valence-electron chi connectivity index (χ1n) is 8.03. The maximum atomic E-state index is 5.73. The highest BCUT2D eigenvalue weighted by molar-refractivity contribution is 5.15. The quantitative estimate of drug-likeness (QED) is 0.832. The first-order valence-corrected chi connectivity index (χ1v) is 8.03. The number of methoxy groups -OCH3 is 2. The summed E-state index contributed by atoms with van der Waals surface area (Å²) in [6, 6.07) is 10.8. The fourth-order valence-electron chi connectivity index (χ4n) is 4.43. The molecule has 3 rings (SSSR count). The summed E-state index contributed by atoms with van der Waals surface area (Å²) in [4.78, 5) is 2.60. The fourth-order valence-corrected chi connectivity index (χ4v) is 4.43. The van der Waals surface area contributed by atoms with E-state index in [0.717, 1.165) is 26.2 Å². The first-order chi connectivity index (χ1) is 10.2. The van der Waals surface area contributed by atoms with Crippen molar-refractivity contribution in [2.75, 3.05) is 33.9 Å². The summed E-state index contributed by atoms with van der Waals surface area (Å²) in [6.07, 6.45) is 4.09. The summed E-state index contributed by atoms with van der Waals surface area (Å²) < 4.78 is 11.3. The molecule has 116 valence electrons. The predicted octanol–water partition coefficient (Wildman–Crippen LogP) is 2.95. The van der Waals surface area contributed by atoms with Crippen molar-refractivity contribution in [3.05, 3.63) is 35.9 Å². The molecule has 1 aliphatic carbocycles. The molecule has 0 radical (unpaired) electrons. The van der Waals surface area contributed by atoms with Crippen molar-refractivity contribution in [2.45, 2.75) is 31.9 Å². The van der Waals surface area contributed by atoms with Crippen LogP contribution >= 0.6 is 0 Å². The lowest BCUT2D eigenvalue weighted by Gasteiger charge is -2.52. The molecule has 1 saturated carbocycles. The maximum Gasteiger partial charge on any atom is 0.0612 e. The lowest BCUT2D eigenvalue weighted by molar-refractivity contribution is -0.102. The third-order valence-corrected chi connectivity index (χ3v) is 5.23. The molecule has 0 spiro atoms. The van der Waals surface area contributed by atoms with Crippen molar-refractivity contribution in [3.63, 3.8) is 0 Å². The van der Waals surface area contributed by atoms with E-state index in [4.69, 9.17) is 9.47 Å². The average Bonchev–Trinajstić information content (AvgIpc) is 2.48. The molecule has 1 aromatic carbocycles. The molecule has 3 heteroatoms. The lowest BCUT2D eigenvalue weighted by Crippen LogP contribution is -2.55. The van der Waals surface area contributed by atoms with Crippen molar-refractivity contribution in [2.24, 2.45) is 11.3 Å². The highest BCUT2D eigenvalue weighted by atomic mass is 16.5. The zero-order valence-electron chi connectivity index (χ0n) is 13.3. The second kappa shape index (κ2) is 6.47. The Morgan fingerprint density at radius 3 is 2.76 bits per heavy atom. The highest BCUT2D eigenvalue weighted by Gasteiger charge is 2.46. The van der Waals surface area contributed by atoms with Crippen LogP contribution < -0.4 is 0 Å². The SMILES string of the molecule is COC[C@]12CC[C@H](OC)[C@H](CN(Cc3ccccc3)C1)C2. The van der Waals surface area contributed by atoms with E-state index in [1.807, 2.05) is 14.2 Å². The Labute approximate surface area is 128 Å². The van der Waals surface area contributed by atoms with Gasteiger partial charge in [-0.2, -0.15) is 0 Å². The van der Waals surface area contributed by atoms with E-state index in [-0.39, 0.29) is 0 Å².